The van der Waals surface area contributed by atoms with E-state index in [1.165, 1.54) is 55.6 Å². The minimum absolute atomic E-state index is 0.214. The van der Waals surface area contributed by atoms with Crippen LogP contribution in [0.2, 0.25) is 19.6 Å². The first-order valence-corrected chi connectivity index (χ1v) is 18.0. The van der Waals surface area contributed by atoms with E-state index in [0.29, 0.717) is 0 Å². The molecule has 0 saturated heterocycles. The van der Waals surface area contributed by atoms with E-state index in [1.807, 2.05) is 0 Å². The van der Waals surface area contributed by atoms with E-state index in [0.717, 1.165) is 0 Å². The van der Waals surface area contributed by atoms with Crippen molar-refractivity contribution in [2.24, 2.45) is 0 Å². The van der Waals surface area contributed by atoms with E-state index in [9.17, 15) is 0 Å². The van der Waals surface area contributed by atoms with Crippen molar-refractivity contribution in [3.05, 3.63) is 169 Å². The molecule has 0 aliphatic heterocycles. The van der Waals surface area contributed by atoms with Gasteiger partial charge in [0.1, 0.15) is 0 Å². The Balaban J connectivity index is 1.58. The molecule has 6 aromatic carbocycles. The predicted octanol–water partition coefficient (Wildman–Crippen LogP) is 11.3. The van der Waals surface area contributed by atoms with E-state index >= 15 is 0 Å². The SMILES string of the molecule is C[Si](C)(C)OC(c1cc(-c2ccccc2)cc(-c2ccccc2)c1)c1cc(-c2ccccc2)cc(-c2ccccc2)c1. The van der Waals surface area contributed by atoms with Crippen molar-refractivity contribution in [2.75, 3.05) is 0 Å². The van der Waals surface area contributed by atoms with Crippen LogP contribution in [0.5, 0.6) is 0 Å². The van der Waals surface area contributed by atoms with Gasteiger partial charge in [-0.05, 0) is 112 Å². The smallest absolute Gasteiger partial charge is 0.185 e. The average Bonchev–Trinajstić information content (AvgIpc) is 3.04. The monoisotopic (exact) mass is 560 g/mol. The molecular formula is C40H36OSi. The van der Waals surface area contributed by atoms with Crippen molar-refractivity contribution in [1.29, 1.82) is 0 Å². The number of rotatable bonds is 8. The van der Waals surface area contributed by atoms with Gasteiger partial charge < -0.3 is 4.43 Å². The summed E-state index contributed by atoms with van der Waals surface area (Å²) in [5.41, 5.74) is 11.9. The third kappa shape index (κ3) is 6.52. The van der Waals surface area contributed by atoms with Crippen molar-refractivity contribution >= 4 is 8.32 Å². The van der Waals surface area contributed by atoms with E-state index in [1.54, 1.807) is 0 Å². The highest BCUT2D eigenvalue weighted by Crippen LogP contribution is 2.39. The first-order chi connectivity index (χ1) is 20.4. The normalized spacial score (nSPS) is 11.5. The van der Waals surface area contributed by atoms with E-state index < -0.39 is 8.32 Å². The van der Waals surface area contributed by atoms with Gasteiger partial charge in [-0.1, -0.05) is 121 Å². The minimum atomic E-state index is -1.97. The molecule has 0 atom stereocenters. The summed E-state index contributed by atoms with van der Waals surface area (Å²) in [6.45, 7) is 6.83. The molecule has 6 rings (SSSR count). The number of hydrogen-bond donors (Lipinski definition) is 0. The largest absolute Gasteiger partial charge is 0.407 e. The van der Waals surface area contributed by atoms with Gasteiger partial charge in [-0.3, -0.25) is 0 Å². The molecule has 0 spiro atoms. The van der Waals surface area contributed by atoms with Crippen molar-refractivity contribution in [3.8, 4) is 44.5 Å². The molecule has 0 N–H and O–H groups in total. The summed E-state index contributed by atoms with van der Waals surface area (Å²) in [5.74, 6) is 0. The Bertz CT molecular complexity index is 1510. The molecule has 0 bridgehead atoms. The Morgan fingerprint density at radius 2 is 0.619 bits per heavy atom. The summed E-state index contributed by atoms with van der Waals surface area (Å²) < 4.78 is 7.11. The first-order valence-electron chi connectivity index (χ1n) is 14.6. The highest BCUT2D eigenvalue weighted by molar-refractivity contribution is 6.69. The Hall–Kier alpha value is -4.50. The fraction of sp³-hybridized carbons (Fsp3) is 0.100. The quantitative estimate of drug-likeness (QED) is 0.168. The van der Waals surface area contributed by atoms with Gasteiger partial charge in [-0.2, -0.15) is 0 Å². The number of hydrogen-bond acceptors (Lipinski definition) is 1. The lowest BCUT2D eigenvalue weighted by molar-refractivity contribution is 0.240. The lowest BCUT2D eigenvalue weighted by atomic mass is 9.89. The van der Waals surface area contributed by atoms with E-state index in [2.05, 4.69) is 177 Å². The van der Waals surface area contributed by atoms with Crippen LogP contribution in [0, 0.1) is 0 Å². The summed E-state index contributed by atoms with van der Waals surface area (Å²) in [5, 5.41) is 0. The van der Waals surface area contributed by atoms with Gasteiger partial charge in [-0.25, -0.2) is 0 Å². The standard InChI is InChI=1S/C40H36OSi/c1-42(2,3)41-40(38-26-34(30-16-8-4-9-17-30)24-35(27-38)31-18-10-5-11-19-31)39-28-36(32-20-12-6-13-21-32)25-37(29-39)33-22-14-7-15-23-33/h4-29,40H,1-3H3. The van der Waals surface area contributed by atoms with Gasteiger partial charge >= 0.3 is 0 Å². The Morgan fingerprint density at radius 1 is 0.357 bits per heavy atom. The minimum Gasteiger partial charge on any atom is -0.407 e. The lowest BCUT2D eigenvalue weighted by Gasteiger charge is -2.29. The summed E-state index contributed by atoms with van der Waals surface area (Å²) in [7, 11) is -1.97. The first kappa shape index (κ1) is 27.7. The molecule has 6 aromatic rings. The van der Waals surface area contributed by atoms with Crippen LogP contribution in [0.1, 0.15) is 17.2 Å². The zero-order valence-corrected chi connectivity index (χ0v) is 25.5. The molecular weight excluding hydrogens is 525 g/mol. The van der Waals surface area contributed by atoms with Crippen LogP contribution >= 0.6 is 0 Å². The van der Waals surface area contributed by atoms with Gasteiger partial charge in [0.15, 0.2) is 8.32 Å². The molecule has 1 nitrogen and oxygen atoms in total. The van der Waals surface area contributed by atoms with Crippen molar-refractivity contribution in [1.82, 2.24) is 0 Å². The topological polar surface area (TPSA) is 9.23 Å². The molecule has 0 aromatic heterocycles. The number of benzene rings is 6. The van der Waals surface area contributed by atoms with Crippen LogP contribution in [0.4, 0.5) is 0 Å². The molecule has 0 radical (unpaired) electrons. The molecule has 0 unspecified atom stereocenters. The molecule has 206 valence electrons. The zero-order valence-electron chi connectivity index (χ0n) is 24.5. The molecule has 0 fully saturated rings. The van der Waals surface area contributed by atoms with Crippen LogP contribution in [0.25, 0.3) is 44.5 Å². The summed E-state index contributed by atoms with van der Waals surface area (Å²) in [4.78, 5) is 0. The maximum atomic E-state index is 7.11. The summed E-state index contributed by atoms with van der Waals surface area (Å²) >= 11 is 0. The average molecular weight is 561 g/mol. The second kappa shape index (κ2) is 12.2. The van der Waals surface area contributed by atoms with Gasteiger partial charge in [0.05, 0.1) is 6.10 Å². The molecule has 0 saturated carbocycles. The van der Waals surface area contributed by atoms with Gasteiger partial charge in [-0.15, -0.1) is 0 Å². The maximum Gasteiger partial charge on any atom is 0.185 e. The summed E-state index contributed by atoms with van der Waals surface area (Å²) in [6.07, 6.45) is -0.214. The molecule has 0 heterocycles. The summed E-state index contributed by atoms with van der Waals surface area (Å²) in [6, 6.07) is 56.5. The third-order valence-corrected chi connectivity index (χ3v) is 8.36. The van der Waals surface area contributed by atoms with Crippen molar-refractivity contribution in [2.45, 2.75) is 25.7 Å². The molecule has 2 heteroatoms. The third-order valence-electron chi connectivity index (χ3n) is 7.42. The Morgan fingerprint density at radius 3 is 0.857 bits per heavy atom. The van der Waals surface area contributed by atoms with Crippen LogP contribution in [0.15, 0.2) is 158 Å². The van der Waals surface area contributed by atoms with Gasteiger partial charge in [0.25, 0.3) is 0 Å². The predicted molar refractivity (Wildman–Crippen MR) is 181 cm³/mol. The lowest BCUT2D eigenvalue weighted by Crippen LogP contribution is -2.28. The highest BCUT2D eigenvalue weighted by atomic mass is 28.4. The highest BCUT2D eigenvalue weighted by Gasteiger charge is 2.26. The Labute approximate surface area is 251 Å². The zero-order chi connectivity index (χ0) is 28.9. The second-order valence-electron chi connectivity index (χ2n) is 11.8. The van der Waals surface area contributed by atoms with Crippen molar-refractivity contribution < 1.29 is 4.43 Å². The van der Waals surface area contributed by atoms with Crippen LogP contribution in [-0.4, -0.2) is 8.32 Å². The molecule has 0 aliphatic rings. The Kier molecular flexibility index (Phi) is 8.01. The van der Waals surface area contributed by atoms with Crippen LogP contribution in [0.3, 0.4) is 0 Å². The fourth-order valence-corrected chi connectivity index (χ4v) is 6.46. The van der Waals surface area contributed by atoms with Gasteiger partial charge in [0.2, 0.25) is 0 Å². The van der Waals surface area contributed by atoms with E-state index in [-0.39, 0.29) is 6.10 Å². The second-order valence-corrected chi connectivity index (χ2v) is 16.2. The molecule has 0 amide bonds. The van der Waals surface area contributed by atoms with E-state index in [4.69, 9.17) is 4.43 Å². The molecule has 0 aliphatic carbocycles. The van der Waals surface area contributed by atoms with Crippen LogP contribution < -0.4 is 0 Å². The fourth-order valence-electron chi connectivity index (χ4n) is 5.48. The van der Waals surface area contributed by atoms with Gasteiger partial charge in [0, 0.05) is 0 Å². The maximum absolute atomic E-state index is 7.11. The molecule has 42 heavy (non-hydrogen) atoms. The van der Waals surface area contributed by atoms with Crippen LogP contribution in [-0.2, 0) is 4.43 Å². The van der Waals surface area contributed by atoms with Crippen molar-refractivity contribution in [3.63, 3.8) is 0 Å².